The quantitative estimate of drug-likeness (QED) is 0.827. The van der Waals surface area contributed by atoms with Crippen molar-refractivity contribution in [1.29, 1.82) is 0 Å². The van der Waals surface area contributed by atoms with Crippen molar-refractivity contribution >= 4 is 38.3 Å². The average molecular weight is 339 g/mol. The molecule has 15 heavy (non-hydrogen) atoms. The maximum atomic E-state index is 10.9. The molecule has 0 saturated carbocycles. The summed E-state index contributed by atoms with van der Waals surface area (Å²) in [6, 6.07) is 5.74. The van der Waals surface area contributed by atoms with Crippen LogP contribution in [0, 0.1) is 0 Å². The van der Waals surface area contributed by atoms with E-state index in [1.807, 2.05) is 0 Å². The second kappa shape index (κ2) is 5.48. The molecular weight excluding hydrogens is 330 g/mol. The van der Waals surface area contributed by atoms with Gasteiger partial charge < -0.3 is 10.2 Å². The van der Waals surface area contributed by atoms with E-state index in [1.54, 1.807) is 12.1 Å². The summed E-state index contributed by atoms with van der Waals surface area (Å²) >= 11 is 6.07. The number of hydrogen-bond acceptors (Lipinski definition) is 3. The van der Waals surface area contributed by atoms with Gasteiger partial charge in [-0.2, -0.15) is 2.95 Å². The van der Waals surface area contributed by atoms with E-state index in [9.17, 15) is 4.79 Å². The van der Waals surface area contributed by atoms with Crippen LogP contribution in [0.25, 0.3) is 0 Å². The van der Waals surface area contributed by atoms with Gasteiger partial charge in [-0.1, -0.05) is 12.1 Å². The Morgan fingerprint density at radius 1 is 1.33 bits per heavy atom. The summed E-state index contributed by atoms with van der Waals surface area (Å²) in [5, 5.41) is 18.0. The lowest BCUT2D eigenvalue weighted by Gasteiger charge is -2.15. The molecule has 6 heteroatoms. The summed E-state index contributed by atoms with van der Waals surface area (Å²) in [4.78, 5) is 10.9. The first-order valence-corrected chi connectivity index (χ1v) is 5.54. The number of hydrogen-bond donors (Lipinski definition) is 2. The summed E-state index contributed by atoms with van der Waals surface area (Å²) < 4.78 is 1.29. The fourth-order valence-electron chi connectivity index (χ4n) is 1.10. The molecule has 1 aromatic rings. The van der Waals surface area contributed by atoms with Gasteiger partial charge in [-0.25, -0.2) is 0 Å². The van der Waals surface area contributed by atoms with Crippen molar-refractivity contribution in [2.45, 2.75) is 12.5 Å². The van der Waals surface area contributed by atoms with Crippen molar-refractivity contribution in [1.82, 2.24) is 2.95 Å². The van der Waals surface area contributed by atoms with Crippen LogP contribution in [-0.4, -0.2) is 25.2 Å². The van der Waals surface area contributed by atoms with E-state index in [-0.39, 0.29) is 5.75 Å². The lowest BCUT2D eigenvalue weighted by Crippen LogP contribution is -2.30. The molecule has 4 nitrogen and oxygen atoms in total. The zero-order chi connectivity index (χ0) is 11.4. The van der Waals surface area contributed by atoms with Crippen LogP contribution < -0.4 is 0 Å². The predicted octanol–water partition coefficient (Wildman–Crippen LogP) is 2.31. The molecule has 2 N–H and O–H groups in total. The van der Waals surface area contributed by atoms with Crippen LogP contribution in [0.4, 0.5) is 0 Å². The van der Waals surface area contributed by atoms with Gasteiger partial charge in [0.25, 0.3) is 0 Å². The highest BCUT2D eigenvalue weighted by Crippen LogP contribution is 2.18. The largest absolute Gasteiger partial charge is 0.508 e. The van der Waals surface area contributed by atoms with E-state index in [1.165, 1.54) is 15.1 Å². The van der Waals surface area contributed by atoms with Gasteiger partial charge in [-0.3, -0.25) is 4.79 Å². The Kier molecular flexibility index (Phi) is 4.56. The molecule has 1 unspecified atom stereocenters. The average Bonchev–Trinajstić information content (AvgIpc) is 2.15. The predicted molar refractivity (Wildman–Crippen MR) is 62.9 cm³/mol. The van der Waals surface area contributed by atoms with Gasteiger partial charge in [-0.05, 0) is 17.7 Å². The molecule has 0 aromatic heterocycles. The number of aliphatic carboxylic acids is 1. The number of nitrogens with zero attached hydrogens (tertiary/aromatic N) is 1. The minimum Gasteiger partial charge on any atom is -0.508 e. The van der Waals surface area contributed by atoms with Crippen LogP contribution >= 0.6 is 32.3 Å². The summed E-state index contributed by atoms with van der Waals surface area (Å²) in [7, 11) is 0. The lowest BCUT2D eigenvalue weighted by atomic mass is 10.1. The third-order valence-electron chi connectivity index (χ3n) is 1.89. The van der Waals surface area contributed by atoms with Crippen LogP contribution in [0.1, 0.15) is 5.56 Å². The summed E-state index contributed by atoms with van der Waals surface area (Å²) in [5.41, 5.74) is 0.837. The molecule has 0 fully saturated rings. The molecule has 1 atom stereocenters. The number of carboxylic acid groups (broad SMARTS) is 1. The van der Waals surface area contributed by atoms with Crippen molar-refractivity contribution in [3.05, 3.63) is 29.8 Å². The van der Waals surface area contributed by atoms with Gasteiger partial charge in [0, 0.05) is 38.7 Å². The first kappa shape index (κ1) is 12.5. The number of halogens is 2. The number of carbonyl (C=O) groups is 1. The summed E-state index contributed by atoms with van der Waals surface area (Å²) in [6.07, 6.45) is 0.339. The molecule has 0 aliphatic carbocycles. The van der Waals surface area contributed by atoms with E-state index in [0.717, 1.165) is 5.56 Å². The third kappa shape index (κ3) is 3.81. The zero-order valence-electron chi connectivity index (χ0n) is 7.60. The van der Waals surface area contributed by atoms with Gasteiger partial charge in [0.2, 0.25) is 0 Å². The molecule has 1 rings (SSSR count). The number of aromatic hydroxyl groups is 1. The topological polar surface area (TPSA) is 60.8 Å². The van der Waals surface area contributed by atoms with Crippen molar-refractivity contribution in [2.75, 3.05) is 0 Å². The summed E-state index contributed by atoms with van der Waals surface area (Å²) in [5.74, 6) is -0.767. The Bertz CT molecular complexity index is 340. The molecule has 82 valence electrons. The number of carboxylic acids is 1. The van der Waals surface area contributed by atoms with Gasteiger partial charge in [0.15, 0.2) is 0 Å². The Hall–Kier alpha value is -0.590. The Morgan fingerprint density at radius 2 is 1.87 bits per heavy atom. The van der Waals surface area contributed by atoms with Crippen molar-refractivity contribution in [3.63, 3.8) is 0 Å². The molecule has 0 bridgehead atoms. The second-order valence-corrected chi connectivity index (χ2v) is 5.46. The molecule has 0 aliphatic heterocycles. The van der Waals surface area contributed by atoms with Crippen LogP contribution in [0.2, 0.25) is 0 Å². The Balaban J connectivity index is 2.74. The second-order valence-electron chi connectivity index (χ2n) is 2.98. The highest BCUT2D eigenvalue weighted by atomic mass is 79.9. The van der Waals surface area contributed by atoms with Crippen LogP contribution in [0.15, 0.2) is 24.3 Å². The minimum atomic E-state index is -0.933. The minimum absolute atomic E-state index is 0.167. The summed E-state index contributed by atoms with van der Waals surface area (Å²) in [6.45, 7) is 0. The molecule has 0 amide bonds. The molecule has 0 radical (unpaired) electrons. The van der Waals surface area contributed by atoms with E-state index in [4.69, 9.17) is 10.2 Å². The van der Waals surface area contributed by atoms with Crippen LogP contribution in [0.5, 0.6) is 5.75 Å². The lowest BCUT2D eigenvalue weighted by molar-refractivity contribution is -0.139. The highest BCUT2D eigenvalue weighted by molar-refractivity contribution is 9.21. The van der Waals surface area contributed by atoms with Crippen LogP contribution in [-0.2, 0) is 11.2 Å². The number of phenols is 1. The maximum Gasteiger partial charge on any atom is 0.323 e. The Labute approximate surface area is 104 Å². The molecule has 0 aliphatic rings. The van der Waals surface area contributed by atoms with Crippen LogP contribution in [0.3, 0.4) is 0 Å². The maximum absolute atomic E-state index is 10.9. The van der Waals surface area contributed by atoms with Gasteiger partial charge >= 0.3 is 5.97 Å². The van der Waals surface area contributed by atoms with E-state index < -0.39 is 12.0 Å². The first-order chi connectivity index (χ1) is 7.00. The number of benzene rings is 1. The van der Waals surface area contributed by atoms with E-state index >= 15 is 0 Å². The number of rotatable bonds is 4. The number of phenolic OH excluding ortho intramolecular Hbond substituents is 1. The van der Waals surface area contributed by atoms with E-state index in [0.29, 0.717) is 6.42 Å². The monoisotopic (exact) mass is 337 g/mol. The van der Waals surface area contributed by atoms with Crippen molar-refractivity contribution in [2.24, 2.45) is 0 Å². The molecule has 1 aromatic carbocycles. The third-order valence-corrected chi connectivity index (χ3v) is 2.87. The first-order valence-electron chi connectivity index (χ1n) is 4.12. The fourth-order valence-corrected chi connectivity index (χ4v) is 1.73. The van der Waals surface area contributed by atoms with Gasteiger partial charge in [0.05, 0.1) is 0 Å². The zero-order valence-corrected chi connectivity index (χ0v) is 10.8. The SMILES string of the molecule is O=C(O)C(Cc1ccc(O)cc1)N(Br)Br. The molecule has 0 spiro atoms. The molecule has 0 heterocycles. The smallest absolute Gasteiger partial charge is 0.323 e. The van der Waals surface area contributed by atoms with Gasteiger partial charge in [0.1, 0.15) is 11.8 Å². The standard InChI is InChI=1S/C9H9Br2NO3/c10-12(11)8(9(14)15)5-6-1-3-7(13)4-2-6/h1-4,8,13H,5H2,(H,14,15). The molecule has 0 saturated heterocycles. The fraction of sp³-hybridized carbons (Fsp3) is 0.222. The van der Waals surface area contributed by atoms with Crippen molar-refractivity contribution in [3.8, 4) is 5.75 Å². The molecular formula is C9H9Br2NO3. The Morgan fingerprint density at radius 3 is 2.27 bits per heavy atom. The van der Waals surface area contributed by atoms with E-state index in [2.05, 4.69) is 32.3 Å². The highest BCUT2D eigenvalue weighted by Gasteiger charge is 2.22. The van der Waals surface area contributed by atoms with Gasteiger partial charge in [-0.15, -0.1) is 0 Å². The normalized spacial score (nSPS) is 12.7. The van der Waals surface area contributed by atoms with Crippen molar-refractivity contribution < 1.29 is 15.0 Å².